The first-order valence-electron chi connectivity index (χ1n) is 7.70. The van der Waals surface area contributed by atoms with Gasteiger partial charge in [-0.2, -0.15) is 0 Å². The molecule has 2 saturated heterocycles. The van der Waals surface area contributed by atoms with E-state index in [1.54, 1.807) is 0 Å². The van der Waals surface area contributed by atoms with Crippen molar-refractivity contribution in [1.29, 1.82) is 0 Å². The fourth-order valence-electron chi connectivity index (χ4n) is 4.59. The van der Waals surface area contributed by atoms with Gasteiger partial charge in [0.05, 0.1) is 0 Å². The highest BCUT2D eigenvalue weighted by Gasteiger charge is 2.41. The van der Waals surface area contributed by atoms with Crippen molar-refractivity contribution in [2.24, 2.45) is 11.8 Å². The van der Waals surface area contributed by atoms with Crippen LogP contribution in [0.3, 0.4) is 0 Å². The maximum absolute atomic E-state index is 10.8. The smallest absolute Gasteiger partial charge is 0.303 e. The molecule has 18 heavy (non-hydrogen) atoms. The molecule has 0 radical (unpaired) electrons. The second-order valence-corrected chi connectivity index (χ2v) is 6.67. The molecule has 2 heterocycles. The summed E-state index contributed by atoms with van der Waals surface area (Å²) >= 11 is 0. The third-order valence-electron chi connectivity index (χ3n) is 5.39. The highest BCUT2D eigenvalue weighted by atomic mass is 16.4. The zero-order valence-corrected chi connectivity index (χ0v) is 11.2. The summed E-state index contributed by atoms with van der Waals surface area (Å²) in [6, 6.07) is 1.40. The molecule has 2 unspecified atom stereocenters. The number of carboxylic acid groups (broad SMARTS) is 1. The third-order valence-corrected chi connectivity index (χ3v) is 5.39. The number of fused-ring (bicyclic) bond motifs is 2. The Morgan fingerprint density at radius 2 is 1.61 bits per heavy atom. The summed E-state index contributed by atoms with van der Waals surface area (Å²) in [5.74, 6) is 0.771. The quantitative estimate of drug-likeness (QED) is 0.835. The van der Waals surface area contributed by atoms with Gasteiger partial charge >= 0.3 is 5.97 Å². The van der Waals surface area contributed by atoms with Crippen LogP contribution in [0.15, 0.2) is 0 Å². The minimum Gasteiger partial charge on any atom is -0.481 e. The number of hydrogen-bond donors (Lipinski definition) is 1. The lowest BCUT2D eigenvalue weighted by Gasteiger charge is -2.40. The topological polar surface area (TPSA) is 40.5 Å². The molecule has 0 spiro atoms. The average Bonchev–Trinajstić information content (AvgIpc) is 2.88. The van der Waals surface area contributed by atoms with Crippen molar-refractivity contribution in [3.05, 3.63) is 0 Å². The van der Waals surface area contributed by atoms with Crippen LogP contribution < -0.4 is 0 Å². The number of rotatable bonds is 4. The lowest BCUT2D eigenvalue weighted by Crippen LogP contribution is -2.45. The number of carboxylic acids is 1. The van der Waals surface area contributed by atoms with E-state index < -0.39 is 5.97 Å². The molecule has 3 nitrogen and oxygen atoms in total. The van der Waals surface area contributed by atoms with Crippen LogP contribution in [-0.4, -0.2) is 34.6 Å². The predicted molar refractivity (Wildman–Crippen MR) is 70.5 cm³/mol. The monoisotopic (exact) mass is 251 g/mol. The second kappa shape index (κ2) is 5.20. The van der Waals surface area contributed by atoms with E-state index in [9.17, 15) is 4.79 Å². The molecule has 3 heteroatoms. The molecule has 1 N–H and O–H groups in total. The van der Waals surface area contributed by atoms with Crippen LogP contribution in [0.2, 0.25) is 0 Å². The molecule has 3 aliphatic rings. The van der Waals surface area contributed by atoms with Gasteiger partial charge in [-0.3, -0.25) is 9.69 Å². The third kappa shape index (κ3) is 2.56. The number of aliphatic carboxylic acids is 1. The Balaban J connectivity index is 1.57. The maximum atomic E-state index is 10.8. The molecule has 0 aromatic heterocycles. The molecule has 2 atom stereocenters. The van der Waals surface area contributed by atoms with Gasteiger partial charge in [0.25, 0.3) is 0 Å². The minimum absolute atomic E-state index is 0.393. The summed E-state index contributed by atoms with van der Waals surface area (Å²) in [6.45, 7) is 1.30. The first-order valence-corrected chi connectivity index (χ1v) is 7.70. The molecule has 2 bridgehead atoms. The summed E-state index contributed by atoms with van der Waals surface area (Å²) < 4.78 is 0. The van der Waals surface area contributed by atoms with Crippen molar-refractivity contribution < 1.29 is 9.90 Å². The Labute approximate surface area is 110 Å². The number of hydrogen-bond acceptors (Lipinski definition) is 2. The molecular formula is C15H25NO2. The molecule has 3 rings (SSSR count). The molecular weight excluding hydrogens is 226 g/mol. The van der Waals surface area contributed by atoms with Crippen LogP contribution in [0, 0.1) is 11.8 Å². The zero-order chi connectivity index (χ0) is 12.5. The standard InChI is InChI=1S/C15H25NO2/c17-15(18)9-12-7-13-5-6-14(8-12)16(13)10-11-3-1-2-4-11/h11-14H,1-10H2,(H,17,18). The summed E-state index contributed by atoms with van der Waals surface area (Å²) in [5.41, 5.74) is 0. The van der Waals surface area contributed by atoms with Gasteiger partial charge in [0.15, 0.2) is 0 Å². The van der Waals surface area contributed by atoms with Crippen LogP contribution in [0.5, 0.6) is 0 Å². The summed E-state index contributed by atoms with van der Waals surface area (Å²) in [7, 11) is 0. The fraction of sp³-hybridized carbons (Fsp3) is 0.933. The Kier molecular flexibility index (Phi) is 3.60. The van der Waals surface area contributed by atoms with E-state index >= 15 is 0 Å². The van der Waals surface area contributed by atoms with Gasteiger partial charge in [-0.15, -0.1) is 0 Å². The molecule has 102 valence electrons. The highest BCUT2D eigenvalue weighted by Crippen LogP contribution is 2.41. The van der Waals surface area contributed by atoms with E-state index in [1.807, 2.05) is 0 Å². The second-order valence-electron chi connectivity index (χ2n) is 6.67. The number of carbonyl (C=O) groups is 1. The van der Waals surface area contributed by atoms with E-state index in [0.29, 0.717) is 24.4 Å². The zero-order valence-electron chi connectivity index (χ0n) is 11.2. The van der Waals surface area contributed by atoms with Crippen molar-refractivity contribution in [2.45, 2.75) is 69.9 Å². The minimum atomic E-state index is -0.608. The summed E-state index contributed by atoms with van der Waals surface area (Å²) in [5, 5.41) is 8.94. The van der Waals surface area contributed by atoms with Gasteiger partial charge in [-0.05, 0) is 50.4 Å². The Morgan fingerprint density at radius 3 is 2.17 bits per heavy atom. The van der Waals surface area contributed by atoms with Crippen LogP contribution in [-0.2, 0) is 4.79 Å². The molecule has 1 saturated carbocycles. The Bertz CT molecular complexity index is 298. The van der Waals surface area contributed by atoms with Gasteiger partial charge < -0.3 is 5.11 Å². The van der Waals surface area contributed by atoms with E-state index in [1.165, 1.54) is 45.1 Å². The molecule has 0 aromatic rings. The maximum Gasteiger partial charge on any atom is 0.303 e. The first kappa shape index (κ1) is 12.5. The summed E-state index contributed by atoms with van der Waals surface area (Å²) in [6.07, 6.45) is 11.0. The highest BCUT2D eigenvalue weighted by molar-refractivity contribution is 5.67. The van der Waals surface area contributed by atoms with Gasteiger partial charge in [0.1, 0.15) is 0 Å². The summed E-state index contributed by atoms with van der Waals surface area (Å²) in [4.78, 5) is 13.6. The number of piperidine rings is 1. The number of nitrogens with zero attached hydrogens (tertiary/aromatic N) is 1. The molecule has 2 aliphatic heterocycles. The largest absolute Gasteiger partial charge is 0.481 e. The van der Waals surface area contributed by atoms with Crippen molar-refractivity contribution in [3.8, 4) is 0 Å². The lowest BCUT2D eigenvalue weighted by molar-refractivity contribution is -0.138. The van der Waals surface area contributed by atoms with E-state index in [0.717, 1.165) is 18.8 Å². The molecule has 0 aromatic carbocycles. The van der Waals surface area contributed by atoms with Crippen molar-refractivity contribution in [3.63, 3.8) is 0 Å². The molecule has 3 fully saturated rings. The van der Waals surface area contributed by atoms with Crippen molar-refractivity contribution in [1.82, 2.24) is 4.90 Å². The SMILES string of the molecule is O=C(O)CC1CC2CCC(C1)N2CC1CCCC1. The lowest BCUT2D eigenvalue weighted by atomic mass is 9.87. The molecule has 0 amide bonds. The van der Waals surface area contributed by atoms with Gasteiger partial charge in [0, 0.05) is 25.0 Å². The fourth-order valence-corrected chi connectivity index (χ4v) is 4.59. The molecule has 1 aliphatic carbocycles. The van der Waals surface area contributed by atoms with Crippen molar-refractivity contribution >= 4 is 5.97 Å². The van der Waals surface area contributed by atoms with E-state index in [2.05, 4.69) is 4.90 Å². The van der Waals surface area contributed by atoms with Crippen LogP contribution >= 0.6 is 0 Å². The van der Waals surface area contributed by atoms with Gasteiger partial charge in [-0.1, -0.05) is 12.8 Å². The predicted octanol–water partition coefficient (Wildman–Crippen LogP) is 2.89. The van der Waals surface area contributed by atoms with Crippen molar-refractivity contribution in [2.75, 3.05) is 6.54 Å². The normalized spacial score (nSPS) is 37.2. The van der Waals surface area contributed by atoms with Gasteiger partial charge in [-0.25, -0.2) is 0 Å². The van der Waals surface area contributed by atoms with Crippen LogP contribution in [0.4, 0.5) is 0 Å². The first-order chi connectivity index (χ1) is 8.72. The van der Waals surface area contributed by atoms with Crippen LogP contribution in [0.1, 0.15) is 57.8 Å². The van der Waals surface area contributed by atoms with E-state index in [4.69, 9.17) is 5.11 Å². The van der Waals surface area contributed by atoms with Crippen LogP contribution in [0.25, 0.3) is 0 Å². The van der Waals surface area contributed by atoms with Gasteiger partial charge in [0.2, 0.25) is 0 Å². The Hall–Kier alpha value is -0.570. The Morgan fingerprint density at radius 1 is 1.00 bits per heavy atom. The van der Waals surface area contributed by atoms with E-state index in [-0.39, 0.29) is 0 Å². The average molecular weight is 251 g/mol.